The van der Waals surface area contributed by atoms with Crippen molar-refractivity contribution >= 4 is 0 Å². The van der Waals surface area contributed by atoms with Crippen molar-refractivity contribution in [1.29, 1.82) is 0 Å². The molecule has 0 spiro atoms. The fourth-order valence-electron chi connectivity index (χ4n) is 2.81. The quantitative estimate of drug-likeness (QED) is 0.429. The number of rotatable bonds is 11. The third kappa shape index (κ3) is 6.45. The zero-order valence-corrected chi connectivity index (χ0v) is 13.7. The normalized spacial score (nSPS) is 12.3. The van der Waals surface area contributed by atoms with Crippen molar-refractivity contribution in [2.24, 2.45) is 0 Å². The molecule has 1 rings (SSSR count). The SMILES string of the molecule is CCCCCCC(CCCCC)c1ccc(OC)cc1. The Hall–Kier alpha value is -0.980. The van der Waals surface area contributed by atoms with Gasteiger partial charge in [0.25, 0.3) is 0 Å². The van der Waals surface area contributed by atoms with E-state index in [4.69, 9.17) is 4.74 Å². The van der Waals surface area contributed by atoms with Gasteiger partial charge in [-0.05, 0) is 36.5 Å². The molecule has 0 fully saturated rings. The standard InChI is InChI=1S/C19H32O/c1-4-6-8-10-12-17(11-9-7-5-2)18-13-15-19(20-3)16-14-18/h13-17H,4-12H2,1-3H3. The number of benzene rings is 1. The van der Waals surface area contributed by atoms with Crippen LogP contribution < -0.4 is 4.74 Å². The van der Waals surface area contributed by atoms with Crippen LogP contribution >= 0.6 is 0 Å². The van der Waals surface area contributed by atoms with Crippen LogP contribution in [-0.4, -0.2) is 7.11 Å². The van der Waals surface area contributed by atoms with Gasteiger partial charge in [0.05, 0.1) is 7.11 Å². The maximum Gasteiger partial charge on any atom is 0.118 e. The summed E-state index contributed by atoms with van der Waals surface area (Å²) in [5.74, 6) is 1.70. The van der Waals surface area contributed by atoms with Gasteiger partial charge in [0, 0.05) is 0 Å². The Morgan fingerprint density at radius 3 is 1.90 bits per heavy atom. The Morgan fingerprint density at radius 2 is 1.35 bits per heavy atom. The van der Waals surface area contributed by atoms with Gasteiger partial charge in [0.1, 0.15) is 5.75 Å². The van der Waals surface area contributed by atoms with Crippen LogP contribution in [0.2, 0.25) is 0 Å². The molecule has 1 aromatic carbocycles. The van der Waals surface area contributed by atoms with Crippen LogP contribution in [0.15, 0.2) is 24.3 Å². The van der Waals surface area contributed by atoms with E-state index in [9.17, 15) is 0 Å². The molecule has 0 amide bonds. The molecule has 1 atom stereocenters. The van der Waals surface area contributed by atoms with E-state index in [2.05, 4.69) is 38.1 Å². The van der Waals surface area contributed by atoms with Crippen molar-refractivity contribution in [1.82, 2.24) is 0 Å². The molecule has 0 radical (unpaired) electrons. The first-order valence-corrected chi connectivity index (χ1v) is 8.45. The first kappa shape index (κ1) is 17.1. The van der Waals surface area contributed by atoms with Gasteiger partial charge >= 0.3 is 0 Å². The number of hydrogen-bond acceptors (Lipinski definition) is 1. The average Bonchev–Trinajstić information content (AvgIpc) is 2.50. The molecule has 0 saturated heterocycles. The van der Waals surface area contributed by atoms with Crippen molar-refractivity contribution in [2.45, 2.75) is 77.6 Å². The number of ether oxygens (including phenoxy) is 1. The van der Waals surface area contributed by atoms with E-state index < -0.39 is 0 Å². The van der Waals surface area contributed by atoms with Crippen LogP contribution in [0.3, 0.4) is 0 Å². The largest absolute Gasteiger partial charge is 0.497 e. The molecule has 0 saturated carbocycles. The van der Waals surface area contributed by atoms with E-state index in [1.54, 1.807) is 7.11 Å². The van der Waals surface area contributed by atoms with Crippen LogP contribution in [-0.2, 0) is 0 Å². The topological polar surface area (TPSA) is 9.23 Å². The molecule has 1 nitrogen and oxygen atoms in total. The summed E-state index contributed by atoms with van der Waals surface area (Å²) in [7, 11) is 1.73. The first-order chi connectivity index (χ1) is 9.81. The lowest BCUT2D eigenvalue weighted by Crippen LogP contribution is -2.00. The minimum Gasteiger partial charge on any atom is -0.497 e. The van der Waals surface area contributed by atoms with Crippen LogP contribution in [0.1, 0.15) is 83.1 Å². The smallest absolute Gasteiger partial charge is 0.118 e. The lowest BCUT2D eigenvalue weighted by atomic mass is 9.88. The maximum absolute atomic E-state index is 5.26. The number of methoxy groups -OCH3 is 1. The highest BCUT2D eigenvalue weighted by Crippen LogP contribution is 2.29. The van der Waals surface area contributed by atoms with Gasteiger partial charge in [0.15, 0.2) is 0 Å². The van der Waals surface area contributed by atoms with E-state index in [1.165, 1.54) is 63.4 Å². The van der Waals surface area contributed by atoms with E-state index in [0.29, 0.717) is 0 Å². The van der Waals surface area contributed by atoms with Gasteiger partial charge < -0.3 is 4.74 Å². The highest BCUT2D eigenvalue weighted by atomic mass is 16.5. The molecular formula is C19H32O. The van der Waals surface area contributed by atoms with E-state index in [1.807, 2.05) is 0 Å². The zero-order valence-electron chi connectivity index (χ0n) is 13.7. The lowest BCUT2D eigenvalue weighted by molar-refractivity contribution is 0.414. The van der Waals surface area contributed by atoms with Crippen molar-refractivity contribution in [3.8, 4) is 5.75 Å². The molecule has 0 N–H and O–H groups in total. The summed E-state index contributed by atoms with van der Waals surface area (Å²) in [5.41, 5.74) is 1.50. The van der Waals surface area contributed by atoms with Gasteiger partial charge in [-0.2, -0.15) is 0 Å². The van der Waals surface area contributed by atoms with Crippen molar-refractivity contribution in [3.05, 3.63) is 29.8 Å². The molecule has 0 aromatic heterocycles. The second kappa shape index (κ2) is 10.8. The van der Waals surface area contributed by atoms with Gasteiger partial charge in [-0.3, -0.25) is 0 Å². The second-order valence-electron chi connectivity index (χ2n) is 5.82. The molecule has 0 aliphatic heterocycles. The number of unbranched alkanes of at least 4 members (excludes halogenated alkanes) is 5. The van der Waals surface area contributed by atoms with E-state index in [0.717, 1.165) is 11.7 Å². The monoisotopic (exact) mass is 276 g/mol. The van der Waals surface area contributed by atoms with Crippen LogP contribution in [0.25, 0.3) is 0 Å². The molecular weight excluding hydrogens is 244 g/mol. The predicted octanol–water partition coefficient (Wildman–Crippen LogP) is 6.33. The molecule has 0 bridgehead atoms. The fourth-order valence-corrected chi connectivity index (χ4v) is 2.81. The highest BCUT2D eigenvalue weighted by Gasteiger charge is 2.11. The minimum atomic E-state index is 0.740. The van der Waals surface area contributed by atoms with Crippen LogP contribution in [0.4, 0.5) is 0 Å². The summed E-state index contributed by atoms with van der Waals surface area (Å²) in [6.07, 6.45) is 12.2. The van der Waals surface area contributed by atoms with Gasteiger partial charge in [0.2, 0.25) is 0 Å². The summed E-state index contributed by atoms with van der Waals surface area (Å²) in [6, 6.07) is 8.73. The van der Waals surface area contributed by atoms with Gasteiger partial charge in [-0.25, -0.2) is 0 Å². The molecule has 1 heteroatoms. The third-order valence-corrected chi connectivity index (χ3v) is 4.15. The Bertz CT molecular complexity index is 328. The average molecular weight is 276 g/mol. The summed E-state index contributed by atoms with van der Waals surface area (Å²) in [6.45, 7) is 4.56. The Balaban J connectivity index is 2.54. The molecule has 1 unspecified atom stereocenters. The summed E-state index contributed by atoms with van der Waals surface area (Å²) >= 11 is 0. The molecule has 0 aliphatic carbocycles. The number of hydrogen-bond donors (Lipinski definition) is 0. The summed E-state index contributed by atoms with van der Waals surface area (Å²) in [5, 5.41) is 0. The third-order valence-electron chi connectivity index (χ3n) is 4.15. The lowest BCUT2D eigenvalue weighted by Gasteiger charge is -2.18. The fraction of sp³-hybridized carbons (Fsp3) is 0.684. The van der Waals surface area contributed by atoms with Crippen molar-refractivity contribution in [3.63, 3.8) is 0 Å². The first-order valence-electron chi connectivity index (χ1n) is 8.45. The molecule has 1 aromatic rings. The predicted molar refractivity (Wildman–Crippen MR) is 88.6 cm³/mol. The van der Waals surface area contributed by atoms with Crippen molar-refractivity contribution in [2.75, 3.05) is 7.11 Å². The highest BCUT2D eigenvalue weighted by molar-refractivity contribution is 5.29. The van der Waals surface area contributed by atoms with Gasteiger partial charge in [-0.15, -0.1) is 0 Å². The summed E-state index contributed by atoms with van der Waals surface area (Å²) in [4.78, 5) is 0. The Labute approximate surface area is 125 Å². The van der Waals surface area contributed by atoms with Gasteiger partial charge in [-0.1, -0.05) is 70.9 Å². The Kier molecular flexibility index (Phi) is 9.19. The zero-order chi connectivity index (χ0) is 14.6. The second-order valence-corrected chi connectivity index (χ2v) is 5.82. The van der Waals surface area contributed by atoms with Crippen LogP contribution in [0.5, 0.6) is 5.75 Å². The minimum absolute atomic E-state index is 0.740. The molecule has 20 heavy (non-hydrogen) atoms. The van der Waals surface area contributed by atoms with E-state index in [-0.39, 0.29) is 0 Å². The van der Waals surface area contributed by atoms with E-state index >= 15 is 0 Å². The maximum atomic E-state index is 5.26. The molecule has 0 aliphatic rings. The van der Waals surface area contributed by atoms with Crippen LogP contribution in [0, 0.1) is 0 Å². The Morgan fingerprint density at radius 1 is 0.800 bits per heavy atom. The summed E-state index contributed by atoms with van der Waals surface area (Å²) < 4.78 is 5.26. The molecule has 0 heterocycles. The molecule has 114 valence electrons. The van der Waals surface area contributed by atoms with Crippen molar-refractivity contribution < 1.29 is 4.74 Å².